The molecule has 1 aromatic heterocycles. The highest BCUT2D eigenvalue weighted by molar-refractivity contribution is 8.14. The van der Waals surface area contributed by atoms with Crippen molar-refractivity contribution in [3.63, 3.8) is 0 Å². The third kappa shape index (κ3) is 4.28. The number of carbonyl (C=O) groups excluding carboxylic acids is 1. The standard InChI is InChI=1S/C25H23N3O3S2/c29-22(18-10-5-2-6-11-18)26-23-27-25(21-12-7-13-32-21)16-28(24(30)31)15-19(25)20(33-23)14-17-8-3-1-4-9-17/h1-13,19-20H,14-16H2,(H,30,31)(H,26,27,29)/t19-,20?,25-/m0/s1. The summed E-state index contributed by atoms with van der Waals surface area (Å²) in [7, 11) is 0. The number of amidine groups is 1. The van der Waals surface area contributed by atoms with Gasteiger partial charge in [0.1, 0.15) is 5.54 Å². The Morgan fingerprint density at radius 2 is 1.79 bits per heavy atom. The van der Waals surface area contributed by atoms with Gasteiger partial charge in [-0.2, -0.15) is 0 Å². The molecule has 33 heavy (non-hydrogen) atoms. The van der Waals surface area contributed by atoms with E-state index in [1.165, 1.54) is 22.2 Å². The Bertz CT molecular complexity index is 1170. The van der Waals surface area contributed by atoms with Crippen LogP contribution in [0.15, 0.2) is 83.2 Å². The lowest BCUT2D eigenvalue weighted by Crippen LogP contribution is -2.46. The summed E-state index contributed by atoms with van der Waals surface area (Å²) >= 11 is 3.13. The normalized spacial score (nSPS) is 24.1. The van der Waals surface area contributed by atoms with Crippen molar-refractivity contribution in [3.8, 4) is 0 Å². The molecule has 0 spiro atoms. The Morgan fingerprint density at radius 3 is 2.45 bits per heavy atom. The molecule has 0 saturated carbocycles. The largest absolute Gasteiger partial charge is 0.465 e. The Balaban J connectivity index is 1.54. The lowest BCUT2D eigenvalue weighted by Gasteiger charge is -2.39. The van der Waals surface area contributed by atoms with Gasteiger partial charge in [0, 0.05) is 28.2 Å². The first kappa shape index (κ1) is 21.7. The van der Waals surface area contributed by atoms with E-state index in [1.807, 2.05) is 53.9 Å². The monoisotopic (exact) mass is 477 g/mol. The molecule has 3 aromatic rings. The number of hydrogen-bond acceptors (Lipinski definition) is 5. The van der Waals surface area contributed by atoms with Crippen LogP contribution in [0.25, 0.3) is 0 Å². The zero-order chi connectivity index (χ0) is 22.8. The van der Waals surface area contributed by atoms with E-state index in [0.717, 1.165) is 11.3 Å². The molecule has 6 nitrogen and oxygen atoms in total. The maximum absolute atomic E-state index is 12.9. The molecule has 2 aromatic carbocycles. The molecule has 3 heterocycles. The molecule has 0 aliphatic carbocycles. The van der Waals surface area contributed by atoms with Gasteiger partial charge in [-0.25, -0.2) is 9.79 Å². The molecular weight excluding hydrogens is 454 g/mol. The minimum absolute atomic E-state index is 0.00478. The van der Waals surface area contributed by atoms with Crippen molar-refractivity contribution in [1.29, 1.82) is 0 Å². The van der Waals surface area contributed by atoms with Gasteiger partial charge in [-0.15, -0.1) is 11.3 Å². The van der Waals surface area contributed by atoms with Crippen LogP contribution in [-0.2, 0) is 12.0 Å². The fourth-order valence-corrected chi connectivity index (χ4v) is 7.00. The zero-order valence-corrected chi connectivity index (χ0v) is 19.4. The molecule has 0 radical (unpaired) electrons. The Labute approximate surface area is 200 Å². The third-order valence-corrected chi connectivity index (χ3v) is 8.48. The summed E-state index contributed by atoms with van der Waals surface area (Å²) in [5.41, 5.74) is 1.03. The number of aliphatic imine (C=N–C) groups is 1. The molecule has 3 atom stereocenters. The molecule has 1 saturated heterocycles. The second kappa shape index (κ2) is 9.03. The molecule has 0 bridgehead atoms. The van der Waals surface area contributed by atoms with Crippen molar-refractivity contribution in [1.82, 2.24) is 10.2 Å². The van der Waals surface area contributed by atoms with Crippen molar-refractivity contribution in [2.45, 2.75) is 17.2 Å². The number of nitrogens with one attached hydrogen (secondary N) is 1. The van der Waals surface area contributed by atoms with Crippen LogP contribution in [0.2, 0.25) is 0 Å². The second-order valence-electron chi connectivity index (χ2n) is 8.25. The van der Waals surface area contributed by atoms with E-state index in [0.29, 0.717) is 17.3 Å². The molecule has 2 N–H and O–H groups in total. The highest BCUT2D eigenvalue weighted by Gasteiger charge is 2.56. The van der Waals surface area contributed by atoms with Gasteiger partial charge in [-0.1, -0.05) is 66.4 Å². The number of rotatable bonds is 4. The van der Waals surface area contributed by atoms with Crippen molar-refractivity contribution < 1.29 is 14.7 Å². The Kier molecular flexibility index (Phi) is 5.95. The number of nitrogens with zero attached hydrogens (tertiary/aromatic N) is 2. The number of thiophene rings is 1. The molecule has 5 rings (SSSR count). The van der Waals surface area contributed by atoms with E-state index in [4.69, 9.17) is 4.99 Å². The number of carboxylic acid groups (broad SMARTS) is 1. The molecule has 168 valence electrons. The predicted octanol–water partition coefficient (Wildman–Crippen LogP) is 4.70. The van der Waals surface area contributed by atoms with Crippen molar-refractivity contribution in [2.75, 3.05) is 13.1 Å². The van der Waals surface area contributed by atoms with Gasteiger partial charge in [0.25, 0.3) is 5.91 Å². The van der Waals surface area contributed by atoms with Crippen molar-refractivity contribution in [3.05, 3.63) is 94.2 Å². The Morgan fingerprint density at radius 1 is 1.06 bits per heavy atom. The van der Waals surface area contributed by atoms with Crippen molar-refractivity contribution >= 4 is 40.3 Å². The third-order valence-electron chi connectivity index (χ3n) is 6.23. The first-order valence-electron chi connectivity index (χ1n) is 10.7. The second-order valence-corrected chi connectivity index (χ2v) is 10.4. The minimum Gasteiger partial charge on any atom is -0.465 e. The number of thioether (sulfide) groups is 1. The molecule has 2 aliphatic rings. The van der Waals surface area contributed by atoms with Crippen LogP contribution in [0.3, 0.4) is 0 Å². The van der Waals surface area contributed by atoms with Gasteiger partial charge in [0.15, 0.2) is 5.17 Å². The quantitative estimate of drug-likeness (QED) is 0.571. The van der Waals surface area contributed by atoms with Crippen LogP contribution < -0.4 is 5.32 Å². The summed E-state index contributed by atoms with van der Waals surface area (Å²) in [4.78, 5) is 32.5. The minimum atomic E-state index is -0.936. The van der Waals surface area contributed by atoms with E-state index in [1.54, 1.807) is 23.5 Å². The van der Waals surface area contributed by atoms with Crippen LogP contribution in [0.4, 0.5) is 4.79 Å². The molecule has 2 aliphatic heterocycles. The van der Waals surface area contributed by atoms with Gasteiger partial charge in [-0.3, -0.25) is 4.79 Å². The fourth-order valence-electron chi connectivity index (χ4n) is 4.67. The topological polar surface area (TPSA) is 82.0 Å². The molecule has 2 amide bonds. The zero-order valence-electron chi connectivity index (χ0n) is 17.8. The van der Waals surface area contributed by atoms with Crippen LogP contribution in [-0.4, -0.2) is 45.5 Å². The van der Waals surface area contributed by atoms with Gasteiger partial charge < -0.3 is 15.3 Å². The average molecular weight is 478 g/mol. The van der Waals surface area contributed by atoms with E-state index in [2.05, 4.69) is 17.4 Å². The number of benzene rings is 2. The maximum Gasteiger partial charge on any atom is 0.407 e. The summed E-state index contributed by atoms with van der Waals surface area (Å²) in [6, 6.07) is 23.3. The van der Waals surface area contributed by atoms with Crippen LogP contribution in [0.1, 0.15) is 20.8 Å². The van der Waals surface area contributed by atoms with E-state index >= 15 is 0 Å². The number of likely N-dealkylation sites (tertiary alicyclic amines) is 1. The molecule has 8 heteroatoms. The number of hydrogen-bond donors (Lipinski definition) is 2. The fraction of sp³-hybridized carbons (Fsp3) is 0.240. The summed E-state index contributed by atoms with van der Waals surface area (Å²) in [6.07, 6.45) is -0.175. The van der Waals surface area contributed by atoms with E-state index in [-0.39, 0.29) is 23.6 Å². The molecule has 1 fully saturated rings. The van der Waals surface area contributed by atoms with Crippen LogP contribution in [0.5, 0.6) is 0 Å². The lowest BCUT2D eigenvalue weighted by molar-refractivity contribution is 0.0977. The lowest BCUT2D eigenvalue weighted by atomic mass is 9.81. The molecular formula is C25H23N3O3S2. The summed E-state index contributed by atoms with van der Waals surface area (Å²) < 4.78 is 0. The highest BCUT2D eigenvalue weighted by Crippen LogP contribution is 2.51. The van der Waals surface area contributed by atoms with E-state index in [9.17, 15) is 14.7 Å². The van der Waals surface area contributed by atoms with Gasteiger partial charge in [0.05, 0.1) is 6.54 Å². The van der Waals surface area contributed by atoms with E-state index < -0.39 is 11.6 Å². The maximum atomic E-state index is 12.9. The van der Waals surface area contributed by atoms with Gasteiger partial charge in [-0.05, 0) is 35.6 Å². The SMILES string of the molecule is O=C(NC1=N[C@@]2(c3cccs3)CN(C(=O)O)C[C@H]2C(Cc2ccccc2)S1)c1ccccc1. The number of amides is 2. The van der Waals surface area contributed by atoms with Crippen LogP contribution in [0, 0.1) is 5.92 Å². The van der Waals surface area contributed by atoms with Gasteiger partial charge in [0.2, 0.25) is 0 Å². The van der Waals surface area contributed by atoms with Crippen LogP contribution >= 0.6 is 23.1 Å². The summed E-state index contributed by atoms with van der Waals surface area (Å²) in [5, 5.41) is 15.4. The predicted molar refractivity (Wildman–Crippen MR) is 132 cm³/mol. The Hall–Kier alpha value is -3.10. The highest BCUT2D eigenvalue weighted by atomic mass is 32.2. The van der Waals surface area contributed by atoms with Crippen molar-refractivity contribution in [2.24, 2.45) is 10.9 Å². The summed E-state index contributed by atoms with van der Waals surface area (Å²) in [6.45, 7) is 0.700. The first-order valence-corrected chi connectivity index (χ1v) is 12.5. The number of fused-ring (bicyclic) bond motifs is 1. The molecule has 1 unspecified atom stereocenters. The average Bonchev–Trinajstić information content (AvgIpc) is 3.50. The first-order chi connectivity index (χ1) is 16.0. The summed E-state index contributed by atoms with van der Waals surface area (Å²) in [5.74, 6) is -0.219. The number of carbonyl (C=O) groups is 2. The van der Waals surface area contributed by atoms with Gasteiger partial charge >= 0.3 is 6.09 Å². The smallest absolute Gasteiger partial charge is 0.407 e.